The Bertz CT molecular complexity index is 521. The first kappa shape index (κ1) is 48.0. The monoisotopic (exact) mass is 667 g/mol. The average molecular weight is 668 g/mol. The second kappa shape index (κ2) is 33.0. The molecule has 0 fully saturated rings. The zero-order valence-corrected chi connectivity index (χ0v) is 31.1. The van der Waals surface area contributed by atoms with Gasteiger partial charge in [-0.3, -0.25) is 0 Å². The molecule has 0 aliphatic heterocycles. The molecular formula is C30H66CrO6P3. The molecule has 0 spiro atoms. The standard InChI is InChI=1S/3C10H23O2P.Cr/c3*1-3-5-7-9-13(11,12)10-8-6-4-2;/h3*3-10H2,1-2H3,(H,11,12);/q;;;+3/p-3. The average Bonchev–Trinajstić information content (AvgIpc) is 2.85. The summed E-state index contributed by atoms with van der Waals surface area (Å²) in [6.45, 7) is 12.5. The zero-order chi connectivity index (χ0) is 30.5. The van der Waals surface area contributed by atoms with Crippen LogP contribution in [0.15, 0.2) is 0 Å². The van der Waals surface area contributed by atoms with Crippen LogP contribution in [0.25, 0.3) is 0 Å². The van der Waals surface area contributed by atoms with E-state index in [1.165, 1.54) is 0 Å². The van der Waals surface area contributed by atoms with Crippen molar-refractivity contribution in [2.45, 2.75) is 157 Å². The van der Waals surface area contributed by atoms with Gasteiger partial charge in [-0.15, -0.1) is 0 Å². The van der Waals surface area contributed by atoms with Gasteiger partial charge >= 0.3 is 17.4 Å². The van der Waals surface area contributed by atoms with Gasteiger partial charge in [0.2, 0.25) is 0 Å². The van der Waals surface area contributed by atoms with Crippen LogP contribution in [0.3, 0.4) is 0 Å². The van der Waals surface area contributed by atoms with Gasteiger partial charge in [0.25, 0.3) is 0 Å². The molecule has 0 aromatic carbocycles. The predicted molar refractivity (Wildman–Crippen MR) is 169 cm³/mol. The van der Waals surface area contributed by atoms with Gasteiger partial charge in [0.05, 0.1) is 0 Å². The van der Waals surface area contributed by atoms with Crippen LogP contribution in [-0.2, 0) is 31.1 Å². The molecule has 0 amide bonds. The van der Waals surface area contributed by atoms with Crippen molar-refractivity contribution in [3.05, 3.63) is 0 Å². The molecule has 0 aliphatic carbocycles. The van der Waals surface area contributed by atoms with E-state index >= 15 is 0 Å². The molecule has 0 aromatic heterocycles. The van der Waals surface area contributed by atoms with Crippen molar-refractivity contribution in [2.75, 3.05) is 37.0 Å². The smallest absolute Gasteiger partial charge is 0.799 e. The van der Waals surface area contributed by atoms with Crippen LogP contribution < -0.4 is 14.7 Å². The van der Waals surface area contributed by atoms with Crippen LogP contribution in [-0.4, -0.2) is 37.0 Å². The summed E-state index contributed by atoms with van der Waals surface area (Å²) in [5.74, 6) is 0. The third-order valence-electron chi connectivity index (χ3n) is 6.61. The van der Waals surface area contributed by atoms with Crippen LogP contribution in [0, 0.1) is 0 Å². The van der Waals surface area contributed by atoms with Crippen LogP contribution in [0.5, 0.6) is 0 Å². The molecule has 1 radical (unpaired) electrons. The maximum absolute atomic E-state index is 11.4. The molecule has 0 atom stereocenters. The van der Waals surface area contributed by atoms with Gasteiger partial charge in [-0.2, -0.15) is 0 Å². The van der Waals surface area contributed by atoms with Crippen LogP contribution in [0.2, 0.25) is 0 Å². The second-order valence-electron chi connectivity index (χ2n) is 11.0. The Labute approximate surface area is 261 Å². The van der Waals surface area contributed by atoms with E-state index in [1.807, 2.05) is 0 Å². The molecule has 0 aromatic rings. The summed E-state index contributed by atoms with van der Waals surface area (Å²) in [6, 6.07) is 0. The first-order valence-corrected chi connectivity index (χ1v) is 22.2. The third-order valence-corrected chi connectivity index (χ3v) is 12.6. The summed E-state index contributed by atoms with van der Waals surface area (Å²) < 4.78 is 34.2. The fourth-order valence-electron chi connectivity index (χ4n) is 3.95. The van der Waals surface area contributed by atoms with Crippen molar-refractivity contribution in [2.24, 2.45) is 0 Å². The van der Waals surface area contributed by atoms with E-state index in [4.69, 9.17) is 0 Å². The van der Waals surface area contributed by atoms with E-state index in [9.17, 15) is 28.4 Å². The zero-order valence-electron chi connectivity index (χ0n) is 27.2. The molecule has 6 nitrogen and oxygen atoms in total. The first-order chi connectivity index (χ1) is 18.4. The number of hydrogen-bond acceptors (Lipinski definition) is 6. The van der Waals surface area contributed by atoms with E-state index in [0.29, 0.717) is 37.0 Å². The van der Waals surface area contributed by atoms with Gasteiger partial charge in [0.15, 0.2) is 0 Å². The largest absolute Gasteiger partial charge is 3.00 e. The van der Waals surface area contributed by atoms with E-state index in [1.54, 1.807) is 0 Å². The summed E-state index contributed by atoms with van der Waals surface area (Å²) in [6.07, 6.45) is 20.4. The summed E-state index contributed by atoms with van der Waals surface area (Å²) in [7, 11) is -9.01. The fraction of sp³-hybridized carbons (Fsp3) is 1.00. The quantitative estimate of drug-likeness (QED) is 0.0748. The molecule has 243 valence electrons. The van der Waals surface area contributed by atoms with Crippen LogP contribution in [0.4, 0.5) is 0 Å². The minimum Gasteiger partial charge on any atom is -0.799 e. The molecule has 0 N–H and O–H groups in total. The molecular weight excluding hydrogens is 601 g/mol. The first-order valence-electron chi connectivity index (χ1n) is 16.2. The summed E-state index contributed by atoms with van der Waals surface area (Å²) in [5, 5.41) is 0. The van der Waals surface area contributed by atoms with E-state index in [2.05, 4.69) is 41.5 Å². The SMILES string of the molecule is CCCCCP(=O)([O-])CCCCC.CCCCCP(=O)([O-])CCCCC.CCCCCP(=O)([O-])CCCCC.[Cr+3]. The van der Waals surface area contributed by atoms with Gasteiger partial charge in [-0.1, -0.05) is 119 Å². The van der Waals surface area contributed by atoms with Crippen molar-refractivity contribution in [3.63, 3.8) is 0 Å². The molecule has 0 rings (SSSR count). The summed E-state index contributed by atoms with van der Waals surface area (Å²) in [5.41, 5.74) is 0. The van der Waals surface area contributed by atoms with Crippen LogP contribution >= 0.6 is 22.1 Å². The Morgan fingerprint density at radius 3 is 0.550 bits per heavy atom. The Morgan fingerprint density at radius 2 is 0.450 bits per heavy atom. The summed E-state index contributed by atoms with van der Waals surface area (Å²) in [4.78, 5) is 34.2. The van der Waals surface area contributed by atoms with Gasteiger partial charge in [0, 0.05) is 22.1 Å². The Hall–Kier alpha value is 1.10. The molecule has 10 heteroatoms. The van der Waals surface area contributed by atoms with Crippen LogP contribution in [0.1, 0.15) is 157 Å². The van der Waals surface area contributed by atoms with E-state index < -0.39 is 22.1 Å². The minimum absolute atomic E-state index is 0. The second-order valence-corrected chi connectivity index (χ2v) is 18.6. The molecule has 40 heavy (non-hydrogen) atoms. The predicted octanol–water partition coefficient (Wildman–Crippen LogP) is 9.01. The van der Waals surface area contributed by atoms with Crippen molar-refractivity contribution in [3.8, 4) is 0 Å². The van der Waals surface area contributed by atoms with Crippen molar-refractivity contribution in [1.29, 1.82) is 0 Å². The van der Waals surface area contributed by atoms with Crippen molar-refractivity contribution < 1.29 is 45.7 Å². The number of unbranched alkanes of at least 4 members (excludes halogenated alkanes) is 12. The van der Waals surface area contributed by atoms with Gasteiger partial charge < -0.3 is 28.4 Å². The molecule has 0 saturated carbocycles. The maximum Gasteiger partial charge on any atom is 3.00 e. The van der Waals surface area contributed by atoms with Gasteiger partial charge in [0.1, 0.15) is 0 Å². The third kappa shape index (κ3) is 41.2. The topological polar surface area (TPSA) is 120 Å². The Morgan fingerprint density at radius 1 is 0.325 bits per heavy atom. The Kier molecular flexibility index (Phi) is 39.6. The summed E-state index contributed by atoms with van der Waals surface area (Å²) >= 11 is 0. The fourth-order valence-corrected chi connectivity index (χ4v) is 8.85. The number of rotatable bonds is 24. The molecule has 0 saturated heterocycles. The number of hydrogen-bond donors (Lipinski definition) is 0. The molecule has 0 unspecified atom stereocenters. The maximum atomic E-state index is 11.4. The van der Waals surface area contributed by atoms with Gasteiger partial charge in [-0.05, 0) is 75.5 Å². The molecule has 0 aliphatic rings. The van der Waals surface area contributed by atoms with E-state index in [-0.39, 0.29) is 17.4 Å². The molecule has 0 heterocycles. The van der Waals surface area contributed by atoms with Gasteiger partial charge in [-0.25, -0.2) is 0 Å². The Balaban J connectivity index is -0.000000240. The van der Waals surface area contributed by atoms with Crippen molar-refractivity contribution >= 4 is 22.1 Å². The van der Waals surface area contributed by atoms with E-state index in [0.717, 1.165) is 116 Å². The minimum atomic E-state index is -3.00. The molecule has 0 bridgehead atoms. The van der Waals surface area contributed by atoms with Crippen molar-refractivity contribution in [1.82, 2.24) is 0 Å². The normalized spacial score (nSPS) is 11.6.